The van der Waals surface area contributed by atoms with E-state index in [9.17, 15) is 0 Å². The lowest BCUT2D eigenvalue weighted by molar-refractivity contribution is 0.219. The van der Waals surface area contributed by atoms with Crippen molar-refractivity contribution in [2.45, 2.75) is 12.8 Å². The third-order valence-electron chi connectivity index (χ3n) is 2.76. The maximum Gasteiger partial charge on any atom is 0.149 e. The highest BCUT2D eigenvalue weighted by Crippen LogP contribution is 2.44. The van der Waals surface area contributed by atoms with Crippen molar-refractivity contribution in [3.63, 3.8) is 0 Å². The summed E-state index contributed by atoms with van der Waals surface area (Å²) >= 11 is 0. The lowest BCUT2D eigenvalue weighted by atomic mass is 10.1. The van der Waals surface area contributed by atoms with Crippen LogP contribution in [0.25, 0.3) is 0 Å². The van der Waals surface area contributed by atoms with E-state index in [-0.39, 0.29) is 12.0 Å². The molecule has 1 fully saturated rings. The zero-order chi connectivity index (χ0) is 10.0. The molecule has 4 nitrogen and oxygen atoms in total. The third kappa shape index (κ3) is 1.80. The maximum absolute atomic E-state index is 9.11. The van der Waals surface area contributed by atoms with Crippen LogP contribution in [0.1, 0.15) is 12.8 Å². The Morgan fingerprint density at radius 3 is 2.93 bits per heavy atom. The number of nitrogens with zero attached hydrogens (tertiary/aromatic N) is 1. The fourth-order valence-corrected chi connectivity index (χ4v) is 1.40. The van der Waals surface area contributed by atoms with Gasteiger partial charge in [0.15, 0.2) is 0 Å². The molecule has 1 aliphatic rings. The van der Waals surface area contributed by atoms with Gasteiger partial charge in [0.2, 0.25) is 0 Å². The highest BCUT2D eigenvalue weighted by Gasteiger charge is 2.41. The lowest BCUT2D eigenvalue weighted by Crippen LogP contribution is -2.20. The molecule has 0 spiro atoms. The minimum Gasteiger partial charge on any atom is -0.396 e. The Hall–Kier alpha value is -1.29. The van der Waals surface area contributed by atoms with E-state index < -0.39 is 0 Å². The summed E-state index contributed by atoms with van der Waals surface area (Å²) in [5, 5.41) is 12.3. The van der Waals surface area contributed by atoms with Gasteiger partial charge in [0, 0.05) is 18.2 Å². The highest BCUT2D eigenvalue weighted by atomic mass is 16.3. The molecule has 0 amide bonds. The highest BCUT2D eigenvalue weighted by molar-refractivity contribution is 5.60. The second-order valence-electron chi connectivity index (χ2n) is 3.95. The summed E-state index contributed by atoms with van der Waals surface area (Å²) in [5.41, 5.74) is 6.47. The predicted octanol–water partition coefficient (Wildman–Crippen LogP) is 0.848. The van der Waals surface area contributed by atoms with Crippen molar-refractivity contribution in [3.8, 4) is 0 Å². The minimum absolute atomic E-state index is 0.0873. The third-order valence-corrected chi connectivity index (χ3v) is 2.76. The fourth-order valence-electron chi connectivity index (χ4n) is 1.40. The van der Waals surface area contributed by atoms with Crippen LogP contribution >= 0.6 is 0 Å². The average molecular weight is 193 g/mol. The van der Waals surface area contributed by atoms with Gasteiger partial charge in [-0.15, -0.1) is 0 Å². The van der Waals surface area contributed by atoms with E-state index in [0.29, 0.717) is 11.5 Å². The summed E-state index contributed by atoms with van der Waals surface area (Å²) in [4.78, 5) is 4.13. The number of nitrogens with two attached hydrogens (primary N) is 1. The molecule has 1 heterocycles. The standard InChI is InChI=1S/C10H15N3O/c11-8-2-1-5-12-9(8)13-6-10(7-14)3-4-10/h1-2,5,14H,3-4,6-7,11H2,(H,12,13). The molecule has 0 saturated heterocycles. The van der Waals surface area contributed by atoms with Crippen LogP contribution in [0.2, 0.25) is 0 Å². The summed E-state index contributed by atoms with van der Waals surface area (Å²) in [6.45, 7) is 0.997. The molecular weight excluding hydrogens is 178 g/mol. The molecule has 0 bridgehead atoms. The number of aliphatic hydroxyl groups excluding tert-OH is 1. The maximum atomic E-state index is 9.11. The van der Waals surface area contributed by atoms with Gasteiger partial charge in [-0.2, -0.15) is 0 Å². The van der Waals surface area contributed by atoms with Gasteiger partial charge in [-0.25, -0.2) is 4.98 Å². The Morgan fingerprint density at radius 2 is 2.36 bits per heavy atom. The predicted molar refractivity (Wildman–Crippen MR) is 55.9 cm³/mol. The first-order valence-corrected chi connectivity index (χ1v) is 4.81. The number of aliphatic hydroxyl groups is 1. The van der Waals surface area contributed by atoms with E-state index >= 15 is 0 Å². The van der Waals surface area contributed by atoms with E-state index in [1.165, 1.54) is 0 Å². The van der Waals surface area contributed by atoms with Gasteiger partial charge in [-0.1, -0.05) is 0 Å². The summed E-state index contributed by atoms with van der Waals surface area (Å²) in [6.07, 6.45) is 3.88. The summed E-state index contributed by atoms with van der Waals surface area (Å²) < 4.78 is 0. The molecular formula is C10H15N3O. The van der Waals surface area contributed by atoms with Crippen molar-refractivity contribution in [2.24, 2.45) is 5.41 Å². The van der Waals surface area contributed by atoms with E-state index in [0.717, 1.165) is 19.4 Å². The summed E-state index contributed by atoms with van der Waals surface area (Å²) in [5.74, 6) is 0.715. The molecule has 0 aliphatic heterocycles. The van der Waals surface area contributed by atoms with Gasteiger partial charge in [0.1, 0.15) is 5.82 Å². The molecule has 0 atom stereocenters. The van der Waals surface area contributed by atoms with Gasteiger partial charge in [0.05, 0.1) is 12.3 Å². The monoisotopic (exact) mass is 193 g/mol. The second-order valence-corrected chi connectivity index (χ2v) is 3.95. The van der Waals surface area contributed by atoms with E-state index in [2.05, 4.69) is 10.3 Å². The van der Waals surface area contributed by atoms with Gasteiger partial charge < -0.3 is 16.2 Å². The van der Waals surface area contributed by atoms with Gasteiger partial charge >= 0.3 is 0 Å². The Balaban J connectivity index is 1.95. The van der Waals surface area contributed by atoms with Crippen molar-refractivity contribution in [1.82, 2.24) is 4.98 Å². The van der Waals surface area contributed by atoms with E-state index in [1.54, 1.807) is 12.3 Å². The first kappa shape index (κ1) is 9.27. The van der Waals surface area contributed by atoms with Crippen molar-refractivity contribution in [1.29, 1.82) is 0 Å². The van der Waals surface area contributed by atoms with E-state index in [4.69, 9.17) is 10.8 Å². The van der Waals surface area contributed by atoms with Crippen LogP contribution in [0, 0.1) is 5.41 Å². The Kier molecular flexibility index (Phi) is 2.29. The fraction of sp³-hybridized carbons (Fsp3) is 0.500. The molecule has 76 valence electrons. The molecule has 0 aromatic carbocycles. The summed E-state index contributed by atoms with van der Waals surface area (Å²) in [7, 11) is 0. The number of aromatic nitrogens is 1. The van der Waals surface area contributed by atoms with Crippen LogP contribution in [0.5, 0.6) is 0 Å². The van der Waals surface area contributed by atoms with Crippen LogP contribution in [0.3, 0.4) is 0 Å². The van der Waals surface area contributed by atoms with Crippen molar-refractivity contribution >= 4 is 11.5 Å². The molecule has 1 aromatic rings. The quantitative estimate of drug-likeness (QED) is 0.663. The Morgan fingerprint density at radius 1 is 1.57 bits per heavy atom. The zero-order valence-electron chi connectivity index (χ0n) is 8.03. The number of nitrogen functional groups attached to an aromatic ring is 1. The van der Waals surface area contributed by atoms with E-state index in [1.807, 2.05) is 6.07 Å². The Bertz CT molecular complexity index is 323. The number of anilines is 2. The van der Waals surface area contributed by atoms with Crippen LogP contribution in [0.15, 0.2) is 18.3 Å². The number of hydrogen-bond acceptors (Lipinski definition) is 4. The molecule has 14 heavy (non-hydrogen) atoms. The molecule has 2 rings (SSSR count). The first-order chi connectivity index (χ1) is 6.76. The number of hydrogen-bond donors (Lipinski definition) is 3. The largest absolute Gasteiger partial charge is 0.396 e. The first-order valence-electron chi connectivity index (χ1n) is 4.81. The molecule has 4 N–H and O–H groups in total. The smallest absolute Gasteiger partial charge is 0.149 e. The number of pyridine rings is 1. The molecule has 1 aliphatic carbocycles. The zero-order valence-corrected chi connectivity index (χ0v) is 8.03. The number of nitrogens with one attached hydrogen (secondary N) is 1. The topological polar surface area (TPSA) is 71.2 Å². The van der Waals surface area contributed by atoms with Crippen LogP contribution < -0.4 is 11.1 Å². The van der Waals surface area contributed by atoms with Crippen LogP contribution in [-0.2, 0) is 0 Å². The van der Waals surface area contributed by atoms with Gasteiger partial charge in [-0.05, 0) is 25.0 Å². The normalized spacial score (nSPS) is 17.8. The molecule has 0 radical (unpaired) electrons. The van der Waals surface area contributed by atoms with Crippen LogP contribution in [0.4, 0.5) is 11.5 Å². The van der Waals surface area contributed by atoms with Crippen molar-refractivity contribution in [3.05, 3.63) is 18.3 Å². The Labute approximate surface area is 83.2 Å². The lowest BCUT2D eigenvalue weighted by Gasteiger charge is -2.13. The van der Waals surface area contributed by atoms with Gasteiger partial charge in [-0.3, -0.25) is 0 Å². The minimum atomic E-state index is 0.0873. The van der Waals surface area contributed by atoms with Crippen LogP contribution in [-0.4, -0.2) is 23.2 Å². The number of rotatable bonds is 4. The molecule has 1 aromatic heterocycles. The SMILES string of the molecule is Nc1cccnc1NCC1(CO)CC1. The second kappa shape index (κ2) is 3.46. The molecule has 4 heteroatoms. The van der Waals surface area contributed by atoms with Crippen molar-refractivity contribution < 1.29 is 5.11 Å². The van der Waals surface area contributed by atoms with Crippen molar-refractivity contribution in [2.75, 3.05) is 24.2 Å². The van der Waals surface area contributed by atoms with Gasteiger partial charge in [0.25, 0.3) is 0 Å². The molecule has 1 saturated carbocycles. The molecule has 0 unspecified atom stereocenters. The summed E-state index contributed by atoms with van der Waals surface area (Å²) in [6, 6.07) is 3.62. The average Bonchev–Trinajstić information content (AvgIpc) is 2.98.